The van der Waals surface area contributed by atoms with Crippen LogP contribution in [-0.4, -0.2) is 30.5 Å². The molecule has 1 amide bonds. The molecule has 4 N–H and O–H groups in total. The Labute approximate surface area is 153 Å². The number of carboxylic acids is 1. The van der Waals surface area contributed by atoms with Crippen LogP contribution in [0.3, 0.4) is 0 Å². The van der Waals surface area contributed by atoms with E-state index < -0.39 is 27.3 Å². The second kappa shape index (κ2) is 5.71. The number of hydrogen-bond donors (Lipinski definition) is 4. The summed E-state index contributed by atoms with van der Waals surface area (Å²) >= 11 is 0. The van der Waals surface area contributed by atoms with Gasteiger partial charge < -0.3 is 15.5 Å². The molecule has 1 heterocycles. The van der Waals surface area contributed by atoms with Crippen LogP contribution < -0.4 is 10.0 Å². The monoisotopic (exact) mass is 384 g/mol. The first-order chi connectivity index (χ1) is 12.8. The van der Waals surface area contributed by atoms with Crippen LogP contribution in [0.25, 0.3) is 10.8 Å². The van der Waals surface area contributed by atoms with Gasteiger partial charge in [0, 0.05) is 27.7 Å². The highest BCUT2D eigenvalue weighted by atomic mass is 32.2. The van der Waals surface area contributed by atoms with E-state index in [1.54, 1.807) is 18.2 Å². The molecule has 27 heavy (non-hydrogen) atoms. The average molecular weight is 384 g/mol. The molecule has 4 rings (SSSR count). The Kier molecular flexibility index (Phi) is 3.57. The largest absolute Gasteiger partial charge is 0.507 e. The van der Waals surface area contributed by atoms with E-state index in [9.17, 15) is 23.1 Å². The number of carboxylic acid groups (broad SMARTS) is 1. The number of phenols is 1. The number of sulfonamides is 1. The van der Waals surface area contributed by atoms with Gasteiger partial charge in [-0.2, -0.15) is 0 Å². The minimum absolute atomic E-state index is 0.0114. The molecule has 1 aliphatic heterocycles. The summed E-state index contributed by atoms with van der Waals surface area (Å²) in [5.74, 6) is -2.16. The number of amides is 1. The van der Waals surface area contributed by atoms with Gasteiger partial charge in [-0.25, -0.2) is 13.2 Å². The van der Waals surface area contributed by atoms with Crippen LogP contribution in [-0.2, 0) is 10.0 Å². The maximum absolute atomic E-state index is 12.9. The SMILES string of the molecule is O=C(O)c1cc(NS(=O)(=O)c2ccc3c4c(cccc24)C(=O)N3)ccc1O. The third kappa shape index (κ3) is 2.64. The summed E-state index contributed by atoms with van der Waals surface area (Å²) in [5.41, 5.74) is 0.479. The van der Waals surface area contributed by atoms with Crippen molar-refractivity contribution in [2.24, 2.45) is 0 Å². The van der Waals surface area contributed by atoms with Gasteiger partial charge in [0.05, 0.1) is 4.90 Å². The van der Waals surface area contributed by atoms with Gasteiger partial charge in [0.25, 0.3) is 15.9 Å². The van der Waals surface area contributed by atoms with Crippen molar-refractivity contribution in [1.29, 1.82) is 0 Å². The fourth-order valence-corrected chi connectivity index (χ4v) is 4.33. The molecule has 136 valence electrons. The minimum Gasteiger partial charge on any atom is -0.507 e. The fraction of sp³-hybridized carbons (Fsp3) is 0. The summed E-state index contributed by atoms with van der Waals surface area (Å²) in [6.45, 7) is 0. The van der Waals surface area contributed by atoms with Gasteiger partial charge in [-0.15, -0.1) is 0 Å². The van der Waals surface area contributed by atoms with Crippen molar-refractivity contribution < 1.29 is 28.2 Å². The van der Waals surface area contributed by atoms with E-state index in [2.05, 4.69) is 10.0 Å². The zero-order valence-corrected chi connectivity index (χ0v) is 14.4. The lowest BCUT2D eigenvalue weighted by atomic mass is 10.1. The van der Waals surface area contributed by atoms with Gasteiger partial charge in [-0.3, -0.25) is 9.52 Å². The van der Waals surface area contributed by atoms with Crippen LogP contribution in [0, 0.1) is 0 Å². The van der Waals surface area contributed by atoms with Crippen LogP contribution in [0.2, 0.25) is 0 Å². The summed E-state index contributed by atoms with van der Waals surface area (Å²) in [6, 6.07) is 11.0. The minimum atomic E-state index is -4.08. The highest BCUT2D eigenvalue weighted by molar-refractivity contribution is 7.93. The van der Waals surface area contributed by atoms with Crippen molar-refractivity contribution in [3.05, 3.63) is 59.7 Å². The van der Waals surface area contributed by atoms with E-state index in [-0.39, 0.29) is 16.5 Å². The smallest absolute Gasteiger partial charge is 0.339 e. The zero-order valence-electron chi connectivity index (χ0n) is 13.6. The van der Waals surface area contributed by atoms with Crippen LogP contribution in [0.5, 0.6) is 5.75 Å². The Morgan fingerprint density at radius 3 is 2.59 bits per heavy atom. The van der Waals surface area contributed by atoms with Crippen molar-refractivity contribution in [1.82, 2.24) is 0 Å². The third-order valence-electron chi connectivity index (χ3n) is 4.26. The van der Waals surface area contributed by atoms with E-state index in [0.717, 1.165) is 12.1 Å². The molecular weight excluding hydrogens is 372 g/mol. The molecule has 0 fully saturated rings. The van der Waals surface area contributed by atoms with Crippen molar-refractivity contribution in [3.8, 4) is 5.75 Å². The van der Waals surface area contributed by atoms with E-state index >= 15 is 0 Å². The Hall–Kier alpha value is -3.59. The molecule has 0 unspecified atom stereocenters. The Morgan fingerprint density at radius 2 is 1.85 bits per heavy atom. The first-order valence-corrected chi connectivity index (χ1v) is 9.22. The van der Waals surface area contributed by atoms with E-state index in [4.69, 9.17) is 5.11 Å². The third-order valence-corrected chi connectivity index (χ3v) is 5.70. The first kappa shape index (κ1) is 16.9. The van der Waals surface area contributed by atoms with Crippen molar-refractivity contribution in [2.75, 3.05) is 10.0 Å². The van der Waals surface area contributed by atoms with Gasteiger partial charge in [0.1, 0.15) is 11.3 Å². The Bertz CT molecular complexity index is 1250. The normalized spacial score (nSPS) is 12.8. The summed E-state index contributed by atoms with van der Waals surface area (Å²) in [4.78, 5) is 23.0. The molecule has 1 aliphatic rings. The topological polar surface area (TPSA) is 133 Å². The summed E-state index contributed by atoms with van der Waals surface area (Å²) < 4.78 is 28.1. The first-order valence-electron chi connectivity index (χ1n) is 7.74. The quantitative estimate of drug-likeness (QED) is 0.511. The van der Waals surface area contributed by atoms with Gasteiger partial charge in [0.2, 0.25) is 0 Å². The lowest BCUT2D eigenvalue weighted by Gasteiger charge is -2.12. The molecule has 0 saturated heterocycles. The zero-order chi connectivity index (χ0) is 19.3. The molecule has 8 nitrogen and oxygen atoms in total. The van der Waals surface area contributed by atoms with Crippen LogP contribution in [0.15, 0.2) is 53.4 Å². The number of benzene rings is 3. The van der Waals surface area contributed by atoms with Gasteiger partial charge in [-0.05, 0) is 36.4 Å². The molecular formula is C18H12N2O6S. The number of aromatic carboxylic acids is 1. The second-order valence-electron chi connectivity index (χ2n) is 5.94. The molecule has 3 aromatic carbocycles. The molecule has 0 bridgehead atoms. The second-order valence-corrected chi connectivity index (χ2v) is 7.59. The lowest BCUT2D eigenvalue weighted by molar-refractivity contribution is 0.0693. The number of rotatable bonds is 4. The maximum Gasteiger partial charge on any atom is 0.339 e. The molecule has 0 radical (unpaired) electrons. The van der Waals surface area contributed by atoms with Gasteiger partial charge in [-0.1, -0.05) is 12.1 Å². The number of carbonyl (C=O) groups excluding carboxylic acids is 1. The average Bonchev–Trinajstić information content (AvgIpc) is 2.94. The molecule has 0 saturated carbocycles. The predicted octanol–water partition coefficient (Wildman–Crippen LogP) is 2.61. The highest BCUT2D eigenvalue weighted by Gasteiger charge is 2.26. The number of anilines is 2. The van der Waals surface area contributed by atoms with Crippen LogP contribution in [0.1, 0.15) is 20.7 Å². The molecule has 0 spiro atoms. The summed E-state index contributed by atoms with van der Waals surface area (Å²) in [6.07, 6.45) is 0. The number of aromatic hydroxyl groups is 1. The molecule has 0 atom stereocenters. The standard InChI is InChI=1S/C18H12N2O6S/c21-14-6-4-9(8-12(14)18(23)24)20-27(25,26)15-7-5-13-16-10(15)2-1-3-11(16)17(22)19-13/h1-8,20-21H,(H,19,22)(H,23,24). The van der Waals surface area contributed by atoms with Crippen molar-refractivity contribution in [3.63, 3.8) is 0 Å². The van der Waals surface area contributed by atoms with Crippen molar-refractivity contribution in [2.45, 2.75) is 4.90 Å². The van der Waals surface area contributed by atoms with E-state index in [1.807, 2.05) is 0 Å². The van der Waals surface area contributed by atoms with E-state index in [0.29, 0.717) is 22.0 Å². The molecule has 0 aromatic heterocycles. The molecule has 9 heteroatoms. The maximum atomic E-state index is 12.9. The summed E-state index contributed by atoms with van der Waals surface area (Å²) in [7, 11) is -4.08. The summed E-state index contributed by atoms with van der Waals surface area (Å²) in [5, 5.41) is 22.2. The van der Waals surface area contributed by atoms with Crippen LogP contribution >= 0.6 is 0 Å². The Morgan fingerprint density at radius 1 is 1.07 bits per heavy atom. The molecule has 3 aromatic rings. The molecule has 0 aliphatic carbocycles. The lowest BCUT2D eigenvalue weighted by Crippen LogP contribution is -2.14. The highest BCUT2D eigenvalue weighted by Crippen LogP contribution is 2.37. The van der Waals surface area contributed by atoms with Crippen molar-refractivity contribution >= 4 is 44.0 Å². The number of hydrogen-bond acceptors (Lipinski definition) is 5. The van der Waals surface area contributed by atoms with E-state index in [1.165, 1.54) is 18.2 Å². The number of carbonyl (C=O) groups is 2. The number of nitrogens with one attached hydrogen (secondary N) is 2. The van der Waals surface area contributed by atoms with Gasteiger partial charge in [0.15, 0.2) is 0 Å². The van der Waals surface area contributed by atoms with Gasteiger partial charge >= 0.3 is 5.97 Å². The predicted molar refractivity (Wildman–Crippen MR) is 97.8 cm³/mol. The Balaban J connectivity index is 1.83. The fourth-order valence-electron chi connectivity index (χ4n) is 3.08. The van der Waals surface area contributed by atoms with Crippen LogP contribution in [0.4, 0.5) is 11.4 Å².